The number of benzene rings is 3. The molecule has 3 rings (SSSR count). The average molecular weight is 511 g/mol. The lowest BCUT2D eigenvalue weighted by Gasteiger charge is -2.30. The third kappa shape index (κ3) is 6.94. The molecule has 190 valence electrons. The van der Waals surface area contributed by atoms with Crippen LogP contribution < -0.4 is 15.0 Å². The molecule has 0 aliphatic rings. The van der Waals surface area contributed by atoms with Crippen molar-refractivity contribution in [2.45, 2.75) is 30.3 Å². The van der Waals surface area contributed by atoms with Crippen molar-refractivity contribution in [3.8, 4) is 11.5 Å². The summed E-state index contributed by atoms with van der Waals surface area (Å²) in [7, 11) is -2.63. The van der Waals surface area contributed by atoms with E-state index in [1.807, 2.05) is 6.07 Å². The first kappa shape index (κ1) is 26.9. The molecule has 2 N–H and O–H groups in total. The molecule has 0 bridgehead atoms. The maximum absolute atomic E-state index is 13.9. The van der Waals surface area contributed by atoms with Crippen molar-refractivity contribution < 1.29 is 27.9 Å². The number of carbonyl (C=O) groups is 1. The topological polar surface area (TPSA) is 105 Å². The Labute approximate surface area is 211 Å². The third-order valence-corrected chi connectivity index (χ3v) is 7.42. The van der Waals surface area contributed by atoms with E-state index in [0.29, 0.717) is 30.1 Å². The van der Waals surface area contributed by atoms with Crippen molar-refractivity contribution in [3.63, 3.8) is 0 Å². The minimum absolute atomic E-state index is 0.00381. The summed E-state index contributed by atoms with van der Waals surface area (Å²) in [4.78, 5) is 12.8. The van der Waals surface area contributed by atoms with E-state index in [4.69, 9.17) is 9.47 Å². The molecule has 9 heteroatoms. The molecule has 0 radical (unpaired) electrons. The fourth-order valence-electron chi connectivity index (χ4n) is 3.61. The van der Waals surface area contributed by atoms with Crippen LogP contribution in [0.4, 0.5) is 0 Å². The first-order valence-corrected chi connectivity index (χ1v) is 12.8. The van der Waals surface area contributed by atoms with Gasteiger partial charge in [-0.1, -0.05) is 48.5 Å². The zero-order chi connectivity index (χ0) is 26.0. The largest absolute Gasteiger partial charge is 0.497 e. The van der Waals surface area contributed by atoms with E-state index in [9.17, 15) is 18.4 Å². The van der Waals surface area contributed by atoms with Crippen LogP contribution >= 0.6 is 0 Å². The van der Waals surface area contributed by atoms with Crippen LogP contribution in [0, 0.1) is 0 Å². The molecule has 0 saturated carbocycles. The Morgan fingerprint density at radius 1 is 1.00 bits per heavy atom. The highest BCUT2D eigenvalue weighted by molar-refractivity contribution is 7.89. The fraction of sp³-hybridized carbons (Fsp3) is 0.222. The van der Waals surface area contributed by atoms with E-state index in [1.54, 1.807) is 72.2 Å². The number of nitrogens with zero attached hydrogens (tertiary/aromatic N) is 1. The van der Waals surface area contributed by atoms with Crippen LogP contribution in [-0.2, 0) is 27.8 Å². The number of methoxy groups -OCH3 is 1. The smallest absolute Gasteiger partial charge is 0.262 e. The van der Waals surface area contributed by atoms with Crippen LogP contribution in [0.25, 0.3) is 0 Å². The van der Waals surface area contributed by atoms with Gasteiger partial charge in [-0.15, -0.1) is 6.58 Å². The number of carbonyl (C=O) groups excluding carboxylic acids is 1. The second-order valence-electron chi connectivity index (χ2n) is 7.98. The van der Waals surface area contributed by atoms with Crippen LogP contribution in [-0.4, -0.2) is 43.6 Å². The molecule has 0 aliphatic carbocycles. The number of hydroxylamine groups is 1. The van der Waals surface area contributed by atoms with Gasteiger partial charge in [0, 0.05) is 6.54 Å². The fourth-order valence-corrected chi connectivity index (χ4v) is 5.19. The second kappa shape index (κ2) is 12.9. The lowest BCUT2D eigenvalue weighted by Crippen LogP contribution is -2.49. The molecule has 0 unspecified atom stereocenters. The van der Waals surface area contributed by atoms with Crippen LogP contribution in [0.5, 0.6) is 11.5 Å². The summed E-state index contributed by atoms with van der Waals surface area (Å²) < 4.78 is 39.6. The molecule has 0 fully saturated rings. The molecule has 0 heterocycles. The number of rotatable bonds is 13. The van der Waals surface area contributed by atoms with Crippen molar-refractivity contribution in [1.82, 2.24) is 9.79 Å². The van der Waals surface area contributed by atoms with Gasteiger partial charge in [0.1, 0.15) is 17.5 Å². The van der Waals surface area contributed by atoms with Crippen LogP contribution in [0.1, 0.15) is 17.5 Å². The molecule has 0 aliphatic heterocycles. The van der Waals surface area contributed by atoms with Crippen LogP contribution in [0.2, 0.25) is 0 Å². The molecule has 8 nitrogen and oxygen atoms in total. The van der Waals surface area contributed by atoms with E-state index in [0.717, 1.165) is 9.87 Å². The van der Waals surface area contributed by atoms with E-state index in [1.165, 1.54) is 19.2 Å². The number of nitrogens with one attached hydrogen (secondary N) is 1. The average Bonchev–Trinajstić information content (AvgIpc) is 2.91. The molecule has 0 saturated heterocycles. The Morgan fingerprint density at radius 3 is 2.22 bits per heavy atom. The van der Waals surface area contributed by atoms with E-state index in [-0.39, 0.29) is 17.9 Å². The summed E-state index contributed by atoms with van der Waals surface area (Å²) in [5.41, 5.74) is 3.03. The number of hydrogen-bond acceptors (Lipinski definition) is 6. The molecule has 1 amide bonds. The Balaban J connectivity index is 2.00. The lowest BCUT2D eigenvalue weighted by atomic mass is 10.0. The Morgan fingerprint density at radius 2 is 1.64 bits per heavy atom. The number of ether oxygens (including phenoxy) is 2. The summed E-state index contributed by atoms with van der Waals surface area (Å²) in [5, 5.41) is 9.48. The minimum Gasteiger partial charge on any atom is -0.497 e. The van der Waals surface area contributed by atoms with Gasteiger partial charge in [0.15, 0.2) is 0 Å². The predicted octanol–water partition coefficient (Wildman–Crippen LogP) is 3.96. The highest BCUT2D eigenvalue weighted by Gasteiger charge is 2.36. The monoisotopic (exact) mass is 510 g/mol. The van der Waals surface area contributed by atoms with Gasteiger partial charge in [-0.3, -0.25) is 10.0 Å². The molecule has 0 aromatic heterocycles. The zero-order valence-corrected chi connectivity index (χ0v) is 20.9. The van der Waals surface area contributed by atoms with Crippen molar-refractivity contribution in [2.24, 2.45) is 0 Å². The van der Waals surface area contributed by atoms with Gasteiger partial charge >= 0.3 is 0 Å². The highest BCUT2D eigenvalue weighted by Crippen LogP contribution is 2.26. The molecule has 0 spiro atoms. The number of hydrogen-bond donors (Lipinski definition) is 2. The summed E-state index contributed by atoms with van der Waals surface area (Å²) >= 11 is 0. The SMILES string of the molecule is C=CCCOc1ccc(S(=O)(=O)N(Cc2ccc(OC)cc2)[C@H](Cc2ccccc2)C(=O)NO)cc1. The summed E-state index contributed by atoms with van der Waals surface area (Å²) in [6, 6.07) is 20.7. The quantitative estimate of drug-likeness (QED) is 0.156. The van der Waals surface area contributed by atoms with E-state index >= 15 is 0 Å². The van der Waals surface area contributed by atoms with E-state index in [2.05, 4.69) is 6.58 Å². The van der Waals surface area contributed by atoms with Crippen molar-refractivity contribution >= 4 is 15.9 Å². The maximum atomic E-state index is 13.9. The first-order chi connectivity index (χ1) is 17.4. The Hall–Kier alpha value is -3.66. The molecular formula is C27H30N2O6S. The molecule has 36 heavy (non-hydrogen) atoms. The van der Waals surface area contributed by atoms with Gasteiger partial charge in [0.2, 0.25) is 10.0 Å². The lowest BCUT2D eigenvalue weighted by molar-refractivity contribution is -0.133. The third-order valence-electron chi connectivity index (χ3n) is 5.55. The minimum atomic E-state index is -4.17. The summed E-state index contributed by atoms with van der Waals surface area (Å²) in [5.74, 6) is 0.306. The van der Waals surface area contributed by atoms with E-state index < -0.39 is 22.0 Å². The first-order valence-electron chi connectivity index (χ1n) is 11.4. The van der Waals surface area contributed by atoms with Crippen molar-refractivity contribution in [2.75, 3.05) is 13.7 Å². The summed E-state index contributed by atoms with van der Waals surface area (Å²) in [6.45, 7) is 3.97. The number of amides is 1. The molecule has 1 atom stereocenters. The predicted molar refractivity (Wildman–Crippen MR) is 136 cm³/mol. The van der Waals surface area contributed by atoms with Crippen molar-refractivity contribution in [3.05, 3.63) is 103 Å². The van der Waals surface area contributed by atoms with Crippen LogP contribution in [0.3, 0.4) is 0 Å². The van der Waals surface area contributed by atoms with Gasteiger partial charge in [-0.05, 0) is 60.4 Å². The standard InChI is InChI=1S/C27H30N2O6S/c1-3-4-18-35-24-14-16-25(17-15-24)36(32,33)29(20-22-10-12-23(34-2)13-11-22)26(27(30)28-31)19-21-8-6-5-7-9-21/h3,5-17,26,31H,1,4,18-20H2,2H3,(H,28,30)/t26-/m1/s1. The molecule has 3 aromatic carbocycles. The Bertz CT molecular complexity index is 1230. The van der Waals surface area contributed by atoms with Crippen molar-refractivity contribution in [1.29, 1.82) is 0 Å². The number of sulfonamides is 1. The van der Waals surface area contributed by atoms with Crippen LogP contribution in [0.15, 0.2) is 96.4 Å². The van der Waals surface area contributed by atoms with Gasteiger partial charge in [-0.25, -0.2) is 13.9 Å². The molecular weight excluding hydrogens is 480 g/mol. The van der Waals surface area contributed by atoms with Gasteiger partial charge in [0.05, 0.1) is 18.6 Å². The maximum Gasteiger partial charge on any atom is 0.262 e. The summed E-state index contributed by atoms with van der Waals surface area (Å²) in [6.07, 6.45) is 2.45. The molecule has 3 aromatic rings. The van der Waals surface area contributed by atoms with Gasteiger partial charge in [0.25, 0.3) is 5.91 Å². The highest BCUT2D eigenvalue weighted by atomic mass is 32.2. The van der Waals surface area contributed by atoms with Gasteiger partial charge < -0.3 is 9.47 Å². The second-order valence-corrected chi connectivity index (χ2v) is 9.87. The van der Waals surface area contributed by atoms with Gasteiger partial charge in [-0.2, -0.15) is 4.31 Å². The zero-order valence-electron chi connectivity index (χ0n) is 20.0. The normalized spacial score (nSPS) is 12.1. The Kier molecular flexibility index (Phi) is 9.63.